The molecule has 0 bridgehead atoms. The number of carboxylic acids is 1. The smallest absolute Gasteiger partial charge is 0.358 e. The molecule has 2 N–H and O–H groups in total. The number of carbonyl (C=O) groups excluding carboxylic acids is 1. The number of aromatic nitrogens is 4. The summed E-state index contributed by atoms with van der Waals surface area (Å²) in [6, 6.07) is 10.2. The van der Waals surface area contributed by atoms with Crippen LogP contribution in [0, 0.1) is 0 Å². The molecule has 0 radical (unpaired) electrons. The van der Waals surface area contributed by atoms with Gasteiger partial charge in [-0.3, -0.25) is 4.79 Å². The van der Waals surface area contributed by atoms with E-state index in [9.17, 15) is 9.59 Å². The number of amides is 1. The molecule has 0 spiro atoms. The Morgan fingerprint density at radius 3 is 2.69 bits per heavy atom. The van der Waals surface area contributed by atoms with E-state index in [4.69, 9.17) is 9.84 Å². The number of aromatic carboxylic acids is 1. The average Bonchev–Trinajstić information content (AvgIpc) is 3.41. The van der Waals surface area contributed by atoms with Crippen LogP contribution >= 0.6 is 0 Å². The molecule has 0 atom stereocenters. The van der Waals surface area contributed by atoms with Crippen LogP contribution in [0.3, 0.4) is 0 Å². The van der Waals surface area contributed by atoms with Crippen LogP contribution in [0.5, 0.6) is 5.88 Å². The third-order valence-electron chi connectivity index (χ3n) is 4.67. The van der Waals surface area contributed by atoms with E-state index in [2.05, 4.69) is 20.6 Å². The van der Waals surface area contributed by atoms with Crippen molar-refractivity contribution in [2.45, 2.75) is 31.8 Å². The summed E-state index contributed by atoms with van der Waals surface area (Å²) in [4.78, 5) is 27.7. The lowest BCUT2D eigenvalue weighted by Gasteiger charge is -2.12. The maximum Gasteiger partial charge on any atom is 0.358 e. The Labute approximate surface area is 166 Å². The minimum absolute atomic E-state index is 0.162. The SMILES string of the molecule is O=C(Nc1cccc(-n2cc(C(=O)O)nn2)c1)c1ccc(OC2CCCC2)nc1. The maximum absolute atomic E-state index is 12.5. The third kappa shape index (κ3) is 4.40. The number of hydrogen-bond donors (Lipinski definition) is 2. The Morgan fingerprint density at radius 2 is 2.00 bits per heavy atom. The summed E-state index contributed by atoms with van der Waals surface area (Å²) in [5.41, 5.74) is 1.35. The molecule has 1 fully saturated rings. The first kappa shape index (κ1) is 18.6. The standard InChI is InChI=1S/C20H19N5O4/c26-19(13-8-9-18(21-11-13)29-16-6-1-2-7-16)22-14-4-3-5-15(10-14)25-12-17(20(27)28)23-24-25/h3-5,8-12,16H,1-2,6-7H2,(H,22,26)(H,27,28). The summed E-state index contributed by atoms with van der Waals surface area (Å²) in [5.74, 6) is -0.948. The first-order valence-corrected chi connectivity index (χ1v) is 9.28. The Kier molecular flexibility index (Phi) is 5.19. The summed E-state index contributed by atoms with van der Waals surface area (Å²) in [6.07, 6.45) is 7.44. The number of carboxylic acid groups (broad SMARTS) is 1. The first-order chi connectivity index (χ1) is 14.1. The monoisotopic (exact) mass is 393 g/mol. The maximum atomic E-state index is 12.5. The predicted molar refractivity (Wildman–Crippen MR) is 103 cm³/mol. The molecule has 0 unspecified atom stereocenters. The highest BCUT2D eigenvalue weighted by molar-refractivity contribution is 6.04. The third-order valence-corrected chi connectivity index (χ3v) is 4.67. The molecule has 1 saturated carbocycles. The van der Waals surface area contributed by atoms with Gasteiger partial charge in [-0.2, -0.15) is 0 Å². The fraction of sp³-hybridized carbons (Fsp3) is 0.250. The first-order valence-electron chi connectivity index (χ1n) is 9.28. The van der Waals surface area contributed by atoms with Crippen molar-refractivity contribution in [3.05, 3.63) is 60.0 Å². The van der Waals surface area contributed by atoms with E-state index in [0.717, 1.165) is 12.8 Å². The molecule has 0 aliphatic heterocycles. The van der Waals surface area contributed by atoms with Gasteiger partial charge < -0.3 is 15.2 Å². The normalized spacial score (nSPS) is 13.9. The number of pyridine rings is 1. The van der Waals surface area contributed by atoms with Gasteiger partial charge in [0.1, 0.15) is 6.10 Å². The number of carbonyl (C=O) groups is 2. The summed E-state index contributed by atoms with van der Waals surface area (Å²) >= 11 is 0. The lowest BCUT2D eigenvalue weighted by Crippen LogP contribution is -2.14. The molecule has 1 aliphatic rings. The summed E-state index contributed by atoms with van der Waals surface area (Å²) < 4.78 is 7.14. The van der Waals surface area contributed by atoms with Crippen molar-refractivity contribution in [3.8, 4) is 11.6 Å². The van der Waals surface area contributed by atoms with Gasteiger partial charge in [-0.1, -0.05) is 11.3 Å². The van der Waals surface area contributed by atoms with Gasteiger partial charge in [-0.15, -0.1) is 5.10 Å². The molecule has 9 nitrogen and oxygen atoms in total. The lowest BCUT2D eigenvalue weighted by atomic mass is 10.2. The molecule has 148 valence electrons. The second-order valence-corrected chi connectivity index (χ2v) is 6.77. The number of hydrogen-bond acceptors (Lipinski definition) is 6. The highest BCUT2D eigenvalue weighted by Crippen LogP contribution is 2.23. The van der Waals surface area contributed by atoms with Crippen molar-refractivity contribution >= 4 is 17.6 Å². The Balaban J connectivity index is 1.43. The second-order valence-electron chi connectivity index (χ2n) is 6.77. The van der Waals surface area contributed by atoms with Crippen molar-refractivity contribution in [3.63, 3.8) is 0 Å². The van der Waals surface area contributed by atoms with Crippen LogP contribution in [0.15, 0.2) is 48.8 Å². The molecule has 0 saturated heterocycles. The van der Waals surface area contributed by atoms with E-state index in [-0.39, 0.29) is 17.7 Å². The zero-order chi connectivity index (χ0) is 20.2. The van der Waals surface area contributed by atoms with E-state index in [1.165, 1.54) is 29.9 Å². The zero-order valence-corrected chi connectivity index (χ0v) is 15.5. The van der Waals surface area contributed by atoms with Gasteiger partial charge >= 0.3 is 5.97 Å². The zero-order valence-electron chi connectivity index (χ0n) is 15.5. The van der Waals surface area contributed by atoms with Gasteiger partial charge in [0.2, 0.25) is 5.88 Å². The van der Waals surface area contributed by atoms with Crippen LogP contribution < -0.4 is 10.1 Å². The molecule has 4 rings (SSSR count). The van der Waals surface area contributed by atoms with Crippen LogP contribution in [0.1, 0.15) is 46.5 Å². The Morgan fingerprint density at radius 1 is 1.17 bits per heavy atom. The molecular formula is C20H19N5O4. The number of ether oxygens (including phenoxy) is 1. The van der Waals surface area contributed by atoms with Gasteiger partial charge in [0.15, 0.2) is 5.69 Å². The predicted octanol–water partition coefficient (Wildman–Crippen LogP) is 2.93. The largest absolute Gasteiger partial charge is 0.476 e. The number of nitrogens with one attached hydrogen (secondary N) is 1. The molecule has 1 aliphatic carbocycles. The minimum atomic E-state index is -1.16. The Bertz CT molecular complexity index is 1030. The van der Waals surface area contributed by atoms with E-state index >= 15 is 0 Å². The topological polar surface area (TPSA) is 119 Å². The highest BCUT2D eigenvalue weighted by atomic mass is 16.5. The van der Waals surface area contributed by atoms with Crippen molar-refractivity contribution in [2.24, 2.45) is 0 Å². The minimum Gasteiger partial charge on any atom is -0.476 e. The van der Waals surface area contributed by atoms with Crippen molar-refractivity contribution in [1.29, 1.82) is 0 Å². The van der Waals surface area contributed by atoms with Crippen LogP contribution in [0.25, 0.3) is 5.69 Å². The summed E-state index contributed by atoms with van der Waals surface area (Å²) in [7, 11) is 0. The number of benzene rings is 1. The van der Waals surface area contributed by atoms with Crippen LogP contribution in [0.2, 0.25) is 0 Å². The van der Waals surface area contributed by atoms with E-state index in [1.54, 1.807) is 36.4 Å². The van der Waals surface area contributed by atoms with Gasteiger partial charge in [0.25, 0.3) is 5.91 Å². The molecule has 9 heteroatoms. The second kappa shape index (κ2) is 8.09. The van der Waals surface area contributed by atoms with Gasteiger partial charge in [0.05, 0.1) is 17.4 Å². The summed E-state index contributed by atoms with van der Waals surface area (Å²) in [5, 5.41) is 19.1. The molecule has 1 amide bonds. The highest BCUT2D eigenvalue weighted by Gasteiger charge is 2.17. The van der Waals surface area contributed by atoms with E-state index in [0.29, 0.717) is 22.8 Å². The van der Waals surface area contributed by atoms with Crippen LogP contribution in [-0.2, 0) is 0 Å². The molecule has 2 heterocycles. The molecule has 3 aromatic rings. The van der Waals surface area contributed by atoms with E-state index in [1.807, 2.05) is 0 Å². The molecule has 1 aromatic carbocycles. The Hall–Kier alpha value is -3.75. The number of anilines is 1. The lowest BCUT2D eigenvalue weighted by molar-refractivity contribution is 0.0690. The van der Waals surface area contributed by atoms with Gasteiger partial charge in [-0.05, 0) is 49.9 Å². The van der Waals surface area contributed by atoms with Crippen LogP contribution in [-0.4, -0.2) is 43.1 Å². The molecule has 29 heavy (non-hydrogen) atoms. The summed E-state index contributed by atoms with van der Waals surface area (Å²) in [6.45, 7) is 0. The fourth-order valence-electron chi connectivity index (χ4n) is 3.18. The quantitative estimate of drug-likeness (QED) is 0.661. The van der Waals surface area contributed by atoms with Crippen molar-refractivity contribution in [2.75, 3.05) is 5.32 Å². The van der Waals surface area contributed by atoms with Crippen molar-refractivity contribution in [1.82, 2.24) is 20.0 Å². The molecule has 2 aromatic heterocycles. The van der Waals surface area contributed by atoms with E-state index < -0.39 is 5.97 Å². The van der Waals surface area contributed by atoms with Gasteiger partial charge in [-0.25, -0.2) is 14.5 Å². The van der Waals surface area contributed by atoms with Gasteiger partial charge in [0, 0.05) is 18.0 Å². The molecular weight excluding hydrogens is 374 g/mol. The number of nitrogens with zero attached hydrogens (tertiary/aromatic N) is 4. The number of rotatable bonds is 6. The average molecular weight is 393 g/mol. The fourth-order valence-corrected chi connectivity index (χ4v) is 3.18. The van der Waals surface area contributed by atoms with Crippen LogP contribution in [0.4, 0.5) is 5.69 Å². The van der Waals surface area contributed by atoms with Crippen molar-refractivity contribution < 1.29 is 19.4 Å².